The molecule has 2 aromatic heterocycles. The molecule has 1 fully saturated rings. The number of hydrogen-bond acceptors (Lipinski definition) is 5. The van der Waals surface area contributed by atoms with Crippen LogP contribution in [0.3, 0.4) is 0 Å². The zero-order chi connectivity index (χ0) is 18.8. The Bertz CT molecular complexity index is 1010. The summed E-state index contributed by atoms with van der Waals surface area (Å²) in [7, 11) is 0. The van der Waals surface area contributed by atoms with Crippen molar-refractivity contribution in [1.29, 1.82) is 0 Å². The van der Waals surface area contributed by atoms with Crippen LogP contribution in [0.5, 0.6) is 0 Å². The quantitative estimate of drug-likeness (QED) is 0.652. The van der Waals surface area contributed by atoms with Crippen molar-refractivity contribution in [3.05, 3.63) is 52.3 Å². The van der Waals surface area contributed by atoms with Gasteiger partial charge in [0.1, 0.15) is 11.1 Å². The number of H-pyrrole nitrogens is 1. The summed E-state index contributed by atoms with van der Waals surface area (Å²) in [5.74, 6) is -0.0278. The maximum Gasteiger partial charge on any atom is 0.262 e. The van der Waals surface area contributed by atoms with Crippen LogP contribution < -0.4 is 16.2 Å². The molecule has 1 amide bonds. The number of nitrogens with one attached hydrogen (secondary N) is 3. The fourth-order valence-corrected chi connectivity index (χ4v) is 3.65. The SMILES string of the molecule is Cc1oc2nc[nH]c(=O)c2c1C(=O)Nc1ccc(NC2CCCCC2)cc1. The van der Waals surface area contributed by atoms with Gasteiger partial charge in [0.15, 0.2) is 0 Å². The highest BCUT2D eigenvalue weighted by Gasteiger charge is 2.21. The van der Waals surface area contributed by atoms with E-state index in [2.05, 4.69) is 20.6 Å². The van der Waals surface area contributed by atoms with Crippen LogP contribution in [-0.4, -0.2) is 21.9 Å². The predicted octanol–water partition coefficient (Wildman–Crippen LogP) is 3.82. The molecule has 0 saturated heterocycles. The third kappa shape index (κ3) is 3.58. The van der Waals surface area contributed by atoms with Gasteiger partial charge in [0.05, 0.1) is 11.9 Å². The zero-order valence-corrected chi connectivity index (χ0v) is 15.2. The lowest BCUT2D eigenvalue weighted by atomic mass is 9.95. The van der Waals surface area contributed by atoms with Crippen molar-refractivity contribution in [2.45, 2.75) is 45.1 Å². The Labute approximate surface area is 156 Å². The summed E-state index contributed by atoms with van der Waals surface area (Å²) >= 11 is 0. The standard InChI is InChI=1S/C20H22N4O3/c1-12-16(17-18(25)21-11-22-20(17)27-12)19(26)24-15-9-7-14(8-10-15)23-13-5-3-2-4-6-13/h7-11,13,23H,2-6H2,1H3,(H,24,26)(H,21,22,25). The summed E-state index contributed by atoms with van der Waals surface area (Å²) in [6, 6.07) is 8.14. The first kappa shape index (κ1) is 17.3. The van der Waals surface area contributed by atoms with Crippen LogP contribution in [0, 0.1) is 6.92 Å². The number of aromatic amines is 1. The zero-order valence-electron chi connectivity index (χ0n) is 15.2. The smallest absolute Gasteiger partial charge is 0.262 e. The molecule has 4 rings (SSSR count). The number of hydrogen-bond donors (Lipinski definition) is 3. The van der Waals surface area contributed by atoms with Crippen LogP contribution >= 0.6 is 0 Å². The van der Waals surface area contributed by atoms with Crippen molar-refractivity contribution < 1.29 is 9.21 Å². The minimum Gasteiger partial charge on any atom is -0.442 e. The molecule has 0 atom stereocenters. The van der Waals surface area contributed by atoms with E-state index >= 15 is 0 Å². The van der Waals surface area contributed by atoms with E-state index in [4.69, 9.17) is 4.42 Å². The number of furan rings is 1. The first-order valence-corrected chi connectivity index (χ1v) is 9.26. The molecule has 140 valence electrons. The van der Waals surface area contributed by atoms with Crippen LogP contribution in [0.15, 0.2) is 39.8 Å². The highest BCUT2D eigenvalue weighted by atomic mass is 16.3. The highest BCUT2D eigenvalue weighted by Crippen LogP contribution is 2.24. The lowest BCUT2D eigenvalue weighted by molar-refractivity contribution is 0.102. The molecule has 1 saturated carbocycles. The largest absolute Gasteiger partial charge is 0.442 e. The molecular weight excluding hydrogens is 344 g/mol. The maximum absolute atomic E-state index is 12.7. The van der Waals surface area contributed by atoms with Gasteiger partial charge in [0, 0.05) is 17.4 Å². The summed E-state index contributed by atoms with van der Waals surface area (Å²) in [5.41, 5.74) is 1.68. The Morgan fingerprint density at radius 1 is 1.15 bits per heavy atom. The fourth-order valence-electron chi connectivity index (χ4n) is 3.65. The lowest BCUT2D eigenvalue weighted by Crippen LogP contribution is -2.22. The number of benzene rings is 1. The summed E-state index contributed by atoms with van der Waals surface area (Å²) in [6.45, 7) is 1.65. The second kappa shape index (κ2) is 7.26. The van der Waals surface area contributed by atoms with E-state index in [1.54, 1.807) is 6.92 Å². The van der Waals surface area contributed by atoms with E-state index in [9.17, 15) is 9.59 Å². The molecule has 0 unspecified atom stereocenters. The first-order valence-electron chi connectivity index (χ1n) is 9.26. The second-order valence-corrected chi connectivity index (χ2v) is 6.96. The average molecular weight is 366 g/mol. The van der Waals surface area contributed by atoms with Crippen LogP contribution in [-0.2, 0) is 0 Å². The monoisotopic (exact) mass is 366 g/mol. The number of fused-ring (bicyclic) bond motifs is 1. The molecule has 1 aliphatic rings. The molecule has 1 aromatic carbocycles. The Hall–Kier alpha value is -3.09. The van der Waals surface area contributed by atoms with Crippen molar-refractivity contribution in [2.75, 3.05) is 10.6 Å². The number of rotatable bonds is 4. The third-order valence-electron chi connectivity index (χ3n) is 5.02. The molecule has 0 bridgehead atoms. The maximum atomic E-state index is 12.7. The van der Waals surface area contributed by atoms with E-state index in [-0.39, 0.29) is 16.7 Å². The average Bonchev–Trinajstić information content (AvgIpc) is 3.01. The van der Waals surface area contributed by atoms with E-state index < -0.39 is 11.5 Å². The van der Waals surface area contributed by atoms with Gasteiger partial charge in [-0.1, -0.05) is 19.3 Å². The number of nitrogens with zero attached hydrogens (tertiary/aromatic N) is 1. The summed E-state index contributed by atoms with van der Waals surface area (Å²) in [5, 5.41) is 6.55. The van der Waals surface area contributed by atoms with Gasteiger partial charge in [-0.15, -0.1) is 0 Å². The first-order chi connectivity index (χ1) is 13.1. The molecule has 7 heteroatoms. The van der Waals surface area contributed by atoms with Crippen LogP contribution in [0.4, 0.5) is 11.4 Å². The molecule has 27 heavy (non-hydrogen) atoms. The molecule has 2 heterocycles. The Morgan fingerprint density at radius 2 is 1.85 bits per heavy atom. The molecule has 0 spiro atoms. The van der Waals surface area contributed by atoms with E-state index in [1.807, 2.05) is 24.3 Å². The molecule has 3 N–H and O–H groups in total. The number of amides is 1. The normalized spacial score (nSPS) is 15.0. The topological polar surface area (TPSA) is 100 Å². The van der Waals surface area contributed by atoms with Crippen molar-refractivity contribution in [3.63, 3.8) is 0 Å². The minimum atomic E-state index is -0.394. The summed E-state index contributed by atoms with van der Waals surface area (Å²) < 4.78 is 5.44. The molecule has 7 nitrogen and oxygen atoms in total. The van der Waals surface area contributed by atoms with Crippen LogP contribution in [0.2, 0.25) is 0 Å². The number of aromatic nitrogens is 2. The minimum absolute atomic E-state index is 0.161. The van der Waals surface area contributed by atoms with E-state index in [0.717, 1.165) is 5.69 Å². The van der Waals surface area contributed by atoms with Gasteiger partial charge < -0.3 is 20.0 Å². The summed E-state index contributed by atoms with van der Waals surface area (Å²) in [4.78, 5) is 31.2. The Kier molecular flexibility index (Phi) is 4.66. The van der Waals surface area contributed by atoms with Crippen molar-refractivity contribution in [3.8, 4) is 0 Å². The van der Waals surface area contributed by atoms with Gasteiger partial charge in [-0.05, 0) is 44.0 Å². The van der Waals surface area contributed by atoms with Gasteiger partial charge in [-0.2, -0.15) is 0 Å². The molecule has 3 aromatic rings. The van der Waals surface area contributed by atoms with Gasteiger partial charge in [0.2, 0.25) is 5.71 Å². The Morgan fingerprint density at radius 3 is 2.59 bits per heavy atom. The molecule has 1 aliphatic carbocycles. The van der Waals surface area contributed by atoms with E-state index in [1.165, 1.54) is 38.4 Å². The van der Waals surface area contributed by atoms with Crippen LogP contribution in [0.1, 0.15) is 48.2 Å². The van der Waals surface area contributed by atoms with Crippen LogP contribution in [0.25, 0.3) is 11.1 Å². The van der Waals surface area contributed by atoms with Gasteiger partial charge in [-0.25, -0.2) is 4.98 Å². The second-order valence-electron chi connectivity index (χ2n) is 6.96. The predicted molar refractivity (Wildman–Crippen MR) is 104 cm³/mol. The number of carbonyl (C=O) groups excluding carboxylic acids is 1. The summed E-state index contributed by atoms with van der Waals surface area (Å²) in [6.07, 6.45) is 7.54. The molecular formula is C20H22N4O3. The fraction of sp³-hybridized carbons (Fsp3) is 0.350. The number of aryl methyl sites for hydroxylation is 1. The van der Waals surface area contributed by atoms with Crippen molar-refractivity contribution in [1.82, 2.24) is 9.97 Å². The number of carbonyl (C=O) groups is 1. The van der Waals surface area contributed by atoms with Gasteiger partial charge in [-0.3, -0.25) is 9.59 Å². The van der Waals surface area contributed by atoms with Crippen molar-refractivity contribution in [2.24, 2.45) is 0 Å². The lowest BCUT2D eigenvalue weighted by Gasteiger charge is -2.23. The Balaban J connectivity index is 1.50. The molecule has 0 aliphatic heterocycles. The highest BCUT2D eigenvalue weighted by molar-refractivity contribution is 6.12. The third-order valence-corrected chi connectivity index (χ3v) is 5.02. The number of anilines is 2. The van der Waals surface area contributed by atoms with Crippen molar-refractivity contribution >= 4 is 28.4 Å². The molecule has 0 radical (unpaired) electrons. The van der Waals surface area contributed by atoms with Gasteiger partial charge in [0.25, 0.3) is 11.5 Å². The van der Waals surface area contributed by atoms with E-state index in [0.29, 0.717) is 17.5 Å². The van der Waals surface area contributed by atoms with Gasteiger partial charge >= 0.3 is 0 Å².